The van der Waals surface area contributed by atoms with Gasteiger partial charge in [0.1, 0.15) is 12.1 Å². The minimum Gasteiger partial charge on any atom is -0.368 e. The number of rotatable bonds is 4. The lowest BCUT2D eigenvalue weighted by Gasteiger charge is -2.19. The predicted octanol–water partition coefficient (Wildman–Crippen LogP) is 3.75. The number of hydrogen-bond acceptors (Lipinski definition) is 3. The average molecular weight is 288 g/mol. The minimum absolute atomic E-state index is 0.0506. The van der Waals surface area contributed by atoms with Gasteiger partial charge in [-0.1, -0.05) is 30.3 Å². The summed E-state index contributed by atoms with van der Waals surface area (Å²) in [6.45, 7) is 0.676. The van der Waals surface area contributed by atoms with Crippen LogP contribution in [0.5, 0.6) is 0 Å². The standard InChI is InChI=1S/C16H18ClN3/c17-14(12-6-2-1-3-7-12)10-18-16-13-8-4-5-9-15(13)19-11-20-16/h1-3,6-7,11,14H,4-5,8-10H2,(H,18,19,20). The molecule has 0 amide bonds. The molecule has 0 spiro atoms. The van der Waals surface area contributed by atoms with Crippen LogP contribution in [0.3, 0.4) is 0 Å². The molecule has 3 nitrogen and oxygen atoms in total. The molecule has 0 aliphatic heterocycles. The van der Waals surface area contributed by atoms with Gasteiger partial charge >= 0.3 is 0 Å². The fraction of sp³-hybridized carbons (Fsp3) is 0.375. The van der Waals surface area contributed by atoms with Crippen molar-refractivity contribution in [1.82, 2.24) is 9.97 Å². The Morgan fingerprint density at radius 1 is 1.10 bits per heavy atom. The van der Waals surface area contributed by atoms with Gasteiger partial charge in [-0.2, -0.15) is 0 Å². The zero-order valence-corrected chi connectivity index (χ0v) is 12.1. The number of alkyl halides is 1. The van der Waals surface area contributed by atoms with E-state index in [2.05, 4.69) is 27.4 Å². The summed E-state index contributed by atoms with van der Waals surface area (Å²) in [5, 5.41) is 3.34. The number of nitrogens with zero attached hydrogens (tertiary/aromatic N) is 2. The number of aryl methyl sites for hydroxylation is 1. The highest BCUT2D eigenvalue weighted by Gasteiger charge is 2.16. The summed E-state index contributed by atoms with van der Waals surface area (Å²) in [5.74, 6) is 0.955. The van der Waals surface area contributed by atoms with Gasteiger partial charge in [-0.25, -0.2) is 9.97 Å². The average Bonchev–Trinajstić information content (AvgIpc) is 2.53. The molecule has 0 bridgehead atoms. The maximum Gasteiger partial charge on any atom is 0.132 e. The van der Waals surface area contributed by atoms with Crippen LogP contribution in [0, 0.1) is 0 Å². The molecule has 1 aromatic carbocycles. The molecule has 0 saturated carbocycles. The lowest BCUT2D eigenvalue weighted by Crippen LogP contribution is -2.15. The molecule has 3 rings (SSSR count). The van der Waals surface area contributed by atoms with E-state index in [0.717, 1.165) is 24.2 Å². The summed E-state index contributed by atoms with van der Waals surface area (Å²) in [6, 6.07) is 10.1. The van der Waals surface area contributed by atoms with E-state index >= 15 is 0 Å². The van der Waals surface area contributed by atoms with E-state index < -0.39 is 0 Å². The van der Waals surface area contributed by atoms with Gasteiger partial charge in [0, 0.05) is 17.8 Å². The largest absolute Gasteiger partial charge is 0.368 e. The van der Waals surface area contributed by atoms with Crippen LogP contribution in [-0.2, 0) is 12.8 Å². The van der Waals surface area contributed by atoms with Gasteiger partial charge < -0.3 is 5.32 Å². The second-order valence-corrected chi connectivity index (χ2v) is 5.64. The molecule has 1 aliphatic rings. The Kier molecular flexibility index (Phi) is 4.16. The Balaban J connectivity index is 1.70. The third kappa shape index (κ3) is 2.93. The van der Waals surface area contributed by atoms with E-state index in [1.54, 1.807) is 6.33 Å². The van der Waals surface area contributed by atoms with Crippen LogP contribution in [0.4, 0.5) is 5.82 Å². The molecule has 1 atom stereocenters. The Morgan fingerprint density at radius 3 is 2.75 bits per heavy atom. The van der Waals surface area contributed by atoms with Gasteiger partial charge in [0.15, 0.2) is 0 Å². The quantitative estimate of drug-likeness (QED) is 0.871. The van der Waals surface area contributed by atoms with Gasteiger partial charge in [0.25, 0.3) is 0 Å². The van der Waals surface area contributed by atoms with Crippen molar-refractivity contribution in [3.8, 4) is 0 Å². The van der Waals surface area contributed by atoms with E-state index in [4.69, 9.17) is 11.6 Å². The molecule has 1 aliphatic carbocycles. The highest BCUT2D eigenvalue weighted by molar-refractivity contribution is 6.21. The first-order valence-electron chi connectivity index (χ1n) is 7.10. The fourth-order valence-corrected chi connectivity index (χ4v) is 2.86. The van der Waals surface area contributed by atoms with Crippen LogP contribution in [0.1, 0.15) is 35.0 Å². The highest BCUT2D eigenvalue weighted by Crippen LogP contribution is 2.26. The molecule has 1 N–H and O–H groups in total. The van der Waals surface area contributed by atoms with Crippen molar-refractivity contribution in [2.75, 3.05) is 11.9 Å². The highest BCUT2D eigenvalue weighted by atomic mass is 35.5. The van der Waals surface area contributed by atoms with E-state index in [-0.39, 0.29) is 5.38 Å². The summed E-state index contributed by atoms with van der Waals surface area (Å²) >= 11 is 6.43. The lowest BCUT2D eigenvalue weighted by molar-refractivity contribution is 0.663. The zero-order valence-electron chi connectivity index (χ0n) is 11.3. The van der Waals surface area contributed by atoms with Crippen LogP contribution in [0.2, 0.25) is 0 Å². The van der Waals surface area contributed by atoms with E-state index in [0.29, 0.717) is 6.54 Å². The van der Waals surface area contributed by atoms with Crippen molar-refractivity contribution < 1.29 is 0 Å². The molecule has 0 fully saturated rings. The first-order valence-corrected chi connectivity index (χ1v) is 7.54. The Bertz CT molecular complexity index is 571. The van der Waals surface area contributed by atoms with Gasteiger partial charge in [0.05, 0.1) is 5.38 Å². The summed E-state index contributed by atoms with van der Waals surface area (Å²) in [7, 11) is 0. The number of nitrogens with one attached hydrogen (secondary N) is 1. The number of benzene rings is 1. The van der Waals surface area contributed by atoms with Crippen molar-refractivity contribution in [1.29, 1.82) is 0 Å². The van der Waals surface area contributed by atoms with Gasteiger partial charge in [-0.05, 0) is 31.2 Å². The maximum absolute atomic E-state index is 6.43. The number of aromatic nitrogens is 2. The molecule has 20 heavy (non-hydrogen) atoms. The van der Waals surface area contributed by atoms with Crippen LogP contribution in [0.25, 0.3) is 0 Å². The monoisotopic (exact) mass is 287 g/mol. The lowest BCUT2D eigenvalue weighted by atomic mass is 9.96. The van der Waals surface area contributed by atoms with Crippen molar-refractivity contribution in [2.45, 2.75) is 31.1 Å². The first-order chi connectivity index (χ1) is 9.84. The molecule has 1 aromatic heterocycles. The van der Waals surface area contributed by atoms with Gasteiger partial charge in [0.2, 0.25) is 0 Å². The summed E-state index contributed by atoms with van der Waals surface area (Å²) < 4.78 is 0. The fourth-order valence-electron chi connectivity index (χ4n) is 2.64. The number of anilines is 1. The van der Waals surface area contributed by atoms with Gasteiger partial charge in [-0.15, -0.1) is 11.6 Å². The molecule has 0 saturated heterocycles. The van der Waals surface area contributed by atoms with Crippen LogP contribution < -0.4 is 5.32 Å². The number of halogens is 1. The SMILES string of the molecule is ClC(CNc1ncnc2c1CCCC2)c1ccccc1. The zero-order chi connectivity index (χ0) is 13.8. The van der Waals surface area contributed by atoms with Gasteiger partial charge in [-0.3, -0.25) is 0 Å². The topological polar surface area (TPSA) is 37.8 Å². The maximum atomic E-state index is 6.43. The summed E-state index contributed by atoms with van der Waals surface area (Å²) in [4.78, 5) is 8.76. The Hall–Kier alpha value is -1.61. The minimum atomic E-state index is -0.0506. The molecule has 1 heterocycles. The van der Waals surface area contributed by atoms with E-state index in [1.807, 2.05) is 18.2 Å². The third-order valence-electron chi connectivity index (χ3n) is 3.73. The number of hydrogen-bond donors (Lipinski definition) is 1. The smallest absolute Gasteiger partial charge is 0.132 e. The Labute approximate surface area is 124 Å². The molecule has 2 aromatic rings. The van der Waals surface area contributed by atoms with Crippen LogP contribution in [0.15, 0.2) is 36.7 Å². The van der Waals surface area contributed by atoms with Crippen molar-refractivity contribution in [3.05, 3.63) is 53.5 Å². The molecular formula is C16H18ClN3. The second-order valence-electron chi connectivity index (χ2n) is 5.11. The summed E-state index contributed by atoms with van der Waals surface area (Å²) in [6.07, 6.45) is 6.23. The molecular weight excluding hydrogens is 270 g/mol. The van der Waals surface area contributed by atoms with E-state index in [1.165, 1.54) is 24.1 Å². The molecule has 4 heteroatoms. The Morgan fingerprint density at radius 2 is 1.90 bits per heavy atom. The third-order valence-corrected chi connectivity index (χ3v) is 4.14. The predicted molar refractivity (Wildman–Crippen MR) is 82.2 cm³/mol. The van der Waals surface area contributed by atoms with Crippen LogP contribution >= 0.6 is 11.6 Å². The number of fused-ring (bicyclic) bond motifs is 1. The van der Waals surface area contributed by atoms with Crippen molar-refractivity contribution >= 4 is 17.4 Å². The summed E-state index contributed by atoms with van der Waals surface area (Å²) in [5.41, 5.74) is 3.60. The molecule has 0 radical (unpaired) electrons. The molecule has 104 valence electrons. The first kappa shape index (κ1) is 13.4. The van der Waals surface area contributed by atoms with Crippen molar-refractivity contribution in [2.24, 2.45) is 0 Å². The normalized spacial score (nSPS) is 15.4. The van der Waals surface area contributed by atoms with E-state index in [9.17, 15) is 0 Å². The van der Waals surface area contributed by atoms with Crippen molar-refractivity contribution in [3.63, 3.8) is 0 Å². The second kappa shape index (κ2) is 6.23. The van der Waals surface area contributed by atoms with Crippen LogP contribution in [-0.4, -0.2) is 16.5 Å². The molecule has 1 unspecified atom stereocenters.